The van der Waals surface area contributed by atoms with Gasteiger partial charge in [0.05, 0.1) is 10.7 Å². The Morgan fingerprint density at radius 2 is 1.89 bits per heavy atom. The Labute approximate surface area is 110 Å². The number of anilines is 1. The molecule has 1 aromatic carbocycles. The predicted molar refractivity (Wildman–Crippen MR) is 68.5 cm³/mol. The minimum atomic E-state index is -3.89. The van der Waals surface area contributed by atoms with Gasteiger partial charge < -0.3 is 5.11 Å². The number of benzene rings is 1. The Kier molecular flexibility index (Phi) is 4.09. The molecule has 1 rings (SSSR count). The summed E-state index contributed by atoms with van der Waals surface area (Å²) in [6.45, 7) is 4.97. The second kappa shape index (κ2) is 4.91. The summed E-state index contributed by atoms with van der Waals surface area (Å²) in [6, 6.07) is 1.73. The third-order valence-electron chi connectivity index (χ3n) is 1.72. The highest BCUT2D eigenvalue weighted by Gasteiger charge is 2.21. The van der Waals surface area contributed by atoms with Crippen LogP contribution in [0.25, 0.3) is 0 Å². The van der Waals surface area contributed by atoms with Crippen LogP contribution in [0.15, 0.2) is 12.1 Å². The van der Waals surface area contributed by atoms with Crippen molar-refractivity contribution in [3.05, 3.63) is 23.0 Å². The average molecular weight is 297 g/mol. The van der Waals surface area contributed by atoms with Gasteiger partial charge in [-0.25, -0.2) is 4.39 Å². The van der Waals surface area contributed by atoms with E-state index in [-0.39, 0.29) is 10.7 Å². The number of phenolic OH excluding ortho intramolecular Hbond substituents is 1. The van der Waals surface area contributed by atoms with Gasteiger partial charge in [-0.15, -0.1) is 0 Å². The third kappa shape index (κ3) is 4.32. The second-order valence-electron chi connectivity index (χ2n) is 4.74. The SMILES string of the molecule is CC(C)(C)NS(=O)(=O)Nc1cc(Cl)c(F)cc1O. The fraction of sp³-hybridized carbons (Fsp3) is 0.400. The van der Waals surface area contributed by atoms with Crippen LogP contribution in [0.3, 0.4) is 0 Å². The normalized spacial score (nSPS) is 12.5. The zero-order valence-corrected chi connectivity index (χ0v) is 11.7. The van der Waals surface area contributed by atoms with Crippen molar-refractivity contribution in [2.75, 3.05) is 4.72 Å². The lowest BCUT2D eigenvalue weighted by Gasteiger charge is -2.21. The molecule has 18 heavy (non-hydrogen) atoms. The molecule has 0 atom stereocenters. The molecule has 0 aliphatic heterocycles. The maximum atomic E-state index is 13.0. The summed E-state index contributed by atoms with van der Waals surface area (Å²) < 4.78 is 40.8. The Bertz CT molecular complexity index is 555. The Hall–Kier alpha value is -1.05. The molecule has 0 unspecified atom stereocenters. The van der Waals surface area contributed by atoms with E-state index < -0.39 is 27.3 Å². The lowest BCUT2D eigenvalue weighted by atomic mass is 10.1. The summed E-state index contributed by atoms with van der Waals surface area (Å²) in [5.41, 5.74) is -0.885. The summed E-state index contributed by atoms with van der Waals surface area (Å²) in [7, 11) is -3.89. The van der Waals surface area contributed by atoms with Gasteiger partial charge >= 0.3 is 0 Å². The molecule has 0 aliphatic carbocycles. The van der Waals surface area contributed by atoms with Crippen LogP contribution in [-0.2, 0) is 10.2 Å². The maximum Gasteiger partial charge on any atom is 0.299 e. The molecule has 0 saturated carbocycles. The van der Waals surface area contributed by atoms with E-state index in [0.717, 1.165) is 12.1 Å². The fourth-order valence-electron chi connectivity index (χ4n) is 1.19. The van der Waals surface area contributed by atoms with E-state index in [1.165, 1.54) is 0 Å². The highest BCUT2D eigenvalue weighted by molar-refractivity contribution is 7.90. The summed E-state index contributed by atoms with van der Waals surface area (Å²) >= 11 is 5.51. The summed E-state index contributed by atoms with van der Waals surface area (Å²) in [5.74, 6) is -1.38. The largest absolute Gasteiger partial charge is 0.506 e. The first-order valence-electron chi connectivity index (χ1n) is 5.00. The molecule has 8 heteroatoms. The molecule has 0 radical (unpaired) electrons. The minimum absolute atomic E-state index is 0.196. The number of halogens is 2. The van der Waals surface area contributed by atoms with Crippen molar-refractivity contribution in [2.24, 2.45) is 0 Å². The van der Waals surface area contributed by atoms with E-state index in [1.807, 2.05) is 0 Å². The number of nitrogens with one attached hydrogen (secondary N) is 2. The smallest absolute Gasteiger partial charge is 0.299 e. The number of hydrogen-bond donors (Lipinski definition) is 3. The highest BCUT2D eigenvalue weighted by Crippen LogP contribution is 2.30. The van der Waals surface area contributed by atoms with Crippen molar-refractivity contribution in [1.82, 2.24) is 4.72 Å². The van der Waals surface area contributed by atoms with Crippen molar-refractivity contribution in [2.45, 2.75) is 26.3 Å². The minimum Gasteiger partial charge on any atom is -0.506 e. The van der Waals surface area contributed by atoms with E-state index in [9.17, 15) is 17.9 Å². The average Bonchev–Trinajstić information content (AvgIpc) is 2.09. The predicted octanol–water partition coefficient (Wildman–Crippen LogP) is 2.23. The standard InChI is InChI=1S/C10H14ClFN2O3S/c1-10(2,3)14-18(16,17)13-8-4-6(11)7(12)5-9(8)15/h4-5,13-15H,1-3H3. The van der Waals surface area contributed by atoms with Crippen LogP contribution in [0.5, 0.6) is 5.75 Å². The van der Waals surface area contributed by atoms with Crippen LogP contribution in [0.4, 0.5) is 10.1 Å². The van der Waals surface area contributed by atoms with Crippen LogP contribution >= 0.6 is 11.6 Å². The zero-order valence-electron chi connectivity index (χ0n) is 10.1. The Morgan fingerprint density at radius 3 is 2.39 bits per heavy atom. The van der Waals surface area contributed by atoms with E-state index in [2.05, 4.69) is 9.44 Å². The van der Waals surface area contributed by atoms with Gasteiger partial charge in [-0.1, -0.05) is 11.6 Å². The Balaban J connectivity index is 3.02. The van der Waals surface area contributed by atoms with Gasteiger partial charge in [0, 0.05) is 11.6 Å². The second-order valence-corrected chi connectivity index (χ2v) is 6.56. The molecule has 3 N–H and O–H groups in total. The highest BCUT2D eigenvalue weighted by atomic mass is 35.5. The topological polar surface area (TPSA) is 78.4 Å². The molecule has 0 saturated heterocycles. The van der Waals surface area contributed by atoms with Gasteiger partial charge in [-0.2, -0.15) is 13.1 Å². The Morgan fingerprint density at radius 1 is 1.33 bits per heavy atom. The molecule has 0 heterocycles. The van der Waals surface area contributed by atoms with Crippen molar-refractivity contribution in [3.63, 3.8) is 0 Å². The summed E-state index contributed by atoms with van der Waals surface area (Å²) in [6.07, 6.45) is 0. The van der Waals surface area contributed by atoms with E-state index in [4.69, 9.17) is 11.6 Å². The van der Waals surface area contributed by atoms with Gasteiger partial charge in [0.2, 0.25) is 0 Å². The third-order valence-corrected chi connectivity index (χ3v) is 3.38. The van der Waals surface area contributed by atoms with E-state index in [0.29, 0.717) is 0 Å². The molecule has 5 nitrogen and oxygen atoms in total. The molecule has 0 spiro atoms. The lowest BCUT2D eigenvalue weighted by molar-refractivity contribution is 0.470. The van der Waals surface area contributed by atoms with Gasteiger partial charge in [0.15, 0.2) is 0 Å². The van der Waals surface area contributed by atoms with Crippen LogP contribution in [0.1, 0.15) is 20.8 Å². The van der Waals surface area contributed by atoms with Crippen LogP contribution < -0.4 is 9.44 Å². The maximum absolute atomic E-state index is 13.0. The van der Waals surface area contributed by atoms with Crippen LogP contribution in [0.2, 0.25) is 5.02 Å². The molecule has 1 aromatic rings. The van der Waals surface area contributed by atoms with Gasteiger partial charge in [-0.05, 0) is 26.8 Å². The fourth-order valence-corrected chi connectivity index (χ4v) is 2.67. The summed E-state index contributed by atoms with van der Waals surface area (Å²) in [5, 5.41) is 9.13. The number of rotatable bonds is 3. The van der Waals surface area contributed by atoms with E-state index in [1.54, 1.807) is 20.8 Å². The number of hydrogen-bond acceptors (Lipinski definition) is 3. The molecule has 102 valence electrons. The molecule has 0 bridgehead atoms. The van der Waals surface area contributed by atoms with Gasteiger partial charge in [-0.3, -0.25) is 4.72 Å². The summed E-state index contributed by atoms with van der Waals surface area (Å²) in [4.78, 5) is 0. The monoisotopic (exact) mass is 296 g/mol. The number of phenols is 1. The van der Waals surface area contributed by atoms with Gasteiger partial charge in [0.25, 0.3) is 10.2 Å². The van der Waals surface area contributed by atoms with Crippen LogP contribution in [0, 0.1) is 5.82 Å². The molecular formula is C10H14ClFN2O3S. The lowest BCUT2D eigenvalue weighted by Crippen LogP contribution is -2.43. The quantitative estimate of drug-likeness (QED) is 0.749. The van der Waals surface area contributed by atoms with Gasteiger partial charge in [0.1, 0.15) is 11.6 Å². The molecule has 0 amide bonds. The first kappa shape index (κ1) is 15.0. The molecule has 0 fully saturated rings. The zero-order chi connectivity index (χ0) is 14.1. The van der Waals surface area contributed by atoms with Crippen molar-refractivity contribution in [1.29, 1.82) is 0 Å². The van der Waals surface area contributed by atoms with Crippen molar-refractivity contribution in [3.8, 4) is 5.75 Å². The van der Waals surface area contributed by atoms with E-state index >= 15 is 0 Å². The molecule has 0 aromatic heterocycles. The first-order chi connectivity index (χ1) is 8.00. The molecule has 0 aliphatic rings. The van der Waals surface area contributed by atoms with Crippen molar-refractivity contribution >= 4 is 27.5 Å². The first-order valence-corrected chi connectivity index (χ1v) is 6.86. The molecular weight excluding hydrogens is 283 g/mol. The number of aromatic hydroxyl groups is 1. The van der Waals surface area contributed by atoms with Crippen molar-refractivity contribution < 1.29 is 17.9 Å². The van der Waals surface area contributed by atoms with Crippen LogP contribution in [-0.4, -0.2) is 19.1 Å².